The number of pyridine rings is 1. The van der Waals surface area contributed by atoms with Crippen molar-refractivity contribution in [2.24, 2.45) is 11.1 Å². The van der Waals surface area contributed by atoms with Gasteiger partial charge in [0.05, 0.1) is 25.1 Å². The summed E-state index contributed by atoms with van der Waals surface area (Å²) in [5, 5.41) is 10.4. The van der Waals surface area contributed by atoms with Gasteiger partial charge in [0.1, 0.15) is 10.7 Å². The Morgan fingerprint density at radius 2 is 2.07 bits per heavy atom. The van der Waals surface area contributed by atoms with Crippen LogP contribution in [0, 0.1) is 12.3 Å². The van der Waals surface area contributed by atoms with Gasteiger partial charge in [-0.25, -0.2) is 15.0 Å². The molecule has 2 fully saturated rings. The molecule has 2 aliphatic rings. The van der Waals surface area contributed by atoms with Crippen molar-refractivity contribution in [3.05, 3.63) is 28.7 Å². The number of hydrogen-bond acceptors (Lipinski definition) is 7. The number of aliphatic hydroxyl groups excluding tert-OH is 1. The van der Waals surface area contributed by atoms with E-state index in [1.54, 1.807) is 12.3 Å². The van der Waals surface area contributed by atoms with Crippen molar-refractivity contribution in [3.8, 4) is 17.1 Å². The SMILES string of the molecule is COc1nccc(-c2nc(CO)c(N3CCC4(CCCC4N)CC3)nc2C)c1Cl. The average molecular weight is 418 g/mol. The molecular formula is C21H28ClN5O2. The zero-order valence-corrected chi connectivity index (χ0v) is 17.7. The van der Waals surface area contributed by atoms with E-state index in [0.29, 0.717) is 33.9 Å². The summed E-state index contributed by atoms with van der Waals surface area (Å²) in [6, 6.07) is 2.09. The lowest BCUT2D eigenvalue weighted by molar-refractivity contribution is 0.196. The number of ether oxygens (including phenoxy) is 1. The molecular weight excluding hydrogens is 390 g/mol. The van der Waals surface area contributed by atoms with Crippen LogP contribution in [0.3, 0.4) is 0 Å². The zero-order chi connectivity index (χ0) is 20.6. The van der Waals surface area contributed by atoms with E-state index >= 15 is 0 Å². The molecule has 156 valence electrons. The Balaban J connectivity index is 1.64. The second-order valence-corrected chi connectivity index (χ2v) is 8.49. The van der Waals surface area contributed by atoms with Crippen molar-refractivity contribution >= 4 is 17.4 Å². The Morgan fingerprint density at radius 3 is 2.69 bits per heavy atom. The first kappa shape index (κ1) is 20.3. The highest BCUT2D eigenvalue weighted by atomic mass is 35.5. The van der Waals surface area contributed by atoms with Gasteiger partial charge in [0.25, 0.3) is 0 Å². The molecule has 7 nitrogen and oxygen atoms in total. The van der Waals surface area contributed by atoms with Gasteiger partial charge in [0.2, 0.25) is 5.88 Å². The first-order valence-corrected chi connectivity index (χ1v) is 10.5. The highest BCUT2D eigenvalue weighted by Crippen LogP contribution is 2.46. The number of piperidine rings is 1. The average Bonchev–Trinajstić information content (AvgIpc) is 3.08. The maximum absolute atomic E-state index is 10.0. The number of aromatic nitrogens is 3. The summed E-state index contributed by atoms with van der Waals surface area (Å²) in [5.74, 6) is 1.10. The number of nitrogens with two attached hydrogens (primary N) is 1. The molecule has 1 aliphatic carbocycles. The molecule has 0 radical (unpaired) electrons. The van der Waals surface area contributed by atoms with Crippen molar-refractivity contribution < 1.29 is 9.84 Å². The van der Waals surface area contributed by atoms with Crippen LogP contribution in [0.1, 0.15) is 43.5 Å². The van der Waals surface area contributed by atoms with Crippen LogP contribution < -0.4 is 15.4 Å². The lowest BCUT2D eigenvalue weighted by atomic mass is 9.74. The first-order chi connectivity index (χ1) is 14.0. The molecule has 1 spiro atoms. The summed E-state index contributed by atoms with van der Waals surface area (Å²) < 4.78 is 5.22. The van der Waals surface area contributed by atoms with Crippen molar-refractivity contribution in [1.29, 1.82) is 0 Å². The smallest absolute Gasteiger partial charge is 0.232 e. The van der Waals surface area contributed by atoms with Crippen LogP contribution >= 0.6 is 11.6 Å². The number of nitrogens with zero attached hydrogens (tertiary/aromatic N) is 4. The second kappa shape index (κ2) is 8.05. The molecule has 2 aromatic heterocycles. The third-order valence-corrected chi connectivity index (χ3v) is 6.98. The lowest BCUT2D eigenvalue weighted by Gasteiger charge is -2.42. The third-order valence-electron chi connectivity index (χ3n) is 6.61. The standard InChI is InChI=1S/C21H28ClN5O2/c1-13-18(14-5-9-24-20(29-2)17(14)22)26-15(12-28)19(25-13)27-10-7-21(8-11-27)6-3-4-16(21)23/h5,9,16,28H,3-4,6-8,10-12,23H2,1-2H3. The van der Waals surface area contributed by atoms with E-state index < -0.39 is 0 Å². The predicted molar refractivity (Wildman–Crippen MR) is 113 cm³/mol. The van der Waals surface area contributed by atoms with Crippen molar-refractivity contribution in [3.63, 3.8) is 0 Å². The zero-order valence-electron chi connectivity index (χ0n) is 17.0. The van der Waals surface area contributed by atoms with Gasteiger partial charge in [0.15, 0.2) is 5.82 Å². The monoisotopic (exact) mass is 417 g/mol. The quantitative estimate of drug-likeness (QED) is 0.788. The minimum Gasteiger partial charge on any atom is -0.480 e. The third kappa shape index (κ3) is 3.56. The van der Waals surface area contributed by atoms with Gasteiger partial charge < -0.3 is 20.5 Å². The highest BCUT2D eigenvalue weighted by molar-refractivity contribution is 6.34. The molecule has 3 N–H and O–H groups in total. The van der Waals surface area contributed by atoms with Crippen molar-refractivity contribution in [1.82, 2.24) is 15.0 Å². The van der Waals surface area contributed by atoms with Crippen LogP contribution in [0.2, 0.25) is 5.02 Å². The van der Waals surface area contributed by atoms with Crippen LogP contribution in [-0.2, 0) is 6.61 Å². The number of methoxy groups -OCH3 is 1. The van der Waals surface area contributed by atoms with Gasteiger partial charge in [-0.1, -0.05) is 18.0 Å². The molecule has 1 unspecified atom stereocenters. The second-order valence-electron chi connectivity index (χ2n) is 8.12. The van der Waals surface area contributed by atoms with Gasteiger partial charge in [0, 0.05) is 30.9 Å². The summed E-state index contributed by atoms with van der Waals surface area (Å²) in [7, 11) is 1.53. The summed E-state index contributed by atoms with van der Waals surface area (Å²) in [6.45, 7) is 3.50. The minimum atomic E-state index is -0.184. The topological polar surface area (TPSA) is 97.4 Å². The van der Waals surface area contributed by atoms with E-state index in [1.807, 2.05) is 6.92 Å². The Morgan fingerprint density at radius 1 is 1.31 bits per heavy atom. The fourth-order valence-electron chi connectivity index (χ4n) is 4.86. The number of halogens is 1. The molecule has 0 amide bonds. The summed E-state index contributed by atoms with van der Waals surface area (Å²) in [4.78, 5) is 15.9. The summed E-state index contributed by atoms with van der Waals surface area (Å²) in [5.41, 5.74) is 9.34. The van der Waals surface area contributed by atoms with Crippen molar-refractivity contribution in [2.45, 2.75) is 51.7 Å². The fraction of sp³-hybridized carbons (Fsp3) is 0.571. The first-order valence-electron chi connectivity index (χ1n) is 10.2. The van der Waals surface area contributed by atoms with E-state index in [0.717, 1.165) is 43.9 Å². The number of hydrogen-bond donors (Lipinski definition) is 2. The molecule has 3 heterocycles. The van der Waals surface area contributed by atoms with Crippen LogP contribution in [-0.4, -0.2) is 46.3 Å². The summed E-state index contributed by atoms with van der Waals surface area (Å²) in [6.07, 6.45) is 7.34. The van der Waals surface area contributed by atoms with Crippen LogP contribution in [0.25, 0.3) is 11.3 Å². The summed E-state index contributed by atoms with van der Waals surface area (Å²) >= 11 is 6.44. The Bertz CT molecular complexity index is 899. The lowest BCUT2D eigenvalue weighted by Crippen LogP contribution is -2.47. The predicted octanol–water partition coefficient (Wildman–Crippen LogP) is 3.10. The number of rotatable bonds is 4. The number of aryl methyl sites for hydroxylation is 1. The molecule has 4 rings (SSSR count). The molecule has 1 saturated heterocycles. The minimum absolute atomic E-state index is 0.184. The van der Waals surface area contributed by atoms with Crippen LogP contribution in [0.5, 0.6) is 5.88 Å². The Labute approximate surface area is 176 Å². The van der Waals surface area contributed by atoms with Gasteiger partial charge in [-0.3, -0.25) is 0 Å². The molecule has 1 saturated carbocycles. The van der Waals surface area contributed by atoms with E-state index in [4.69, 9.17) is 32.0 Å². The Kier molecular flexibility index (Phi) is 5.64. The number of anilines is 1. The van der Waals surface area contributed by atoms with Gasteiger partial charge in [-0.15, -0.1) is 0 Å². The largest absolute Gasteiger partial charge is 0.480 e. The molecule has 0 aromatic carbocycles. The van der Waals surface area contributed by atoms with Crippen molar-refractivity contribution in [2.75, 3.05) is 25.1 Å². The van der Waals surface area contributed by atoms with E-state index in [1.165, 1.54) is 20.0 Å². The Hall–Kier alpha value is -1.96. The highest BCUT2D eigenvalue weighted by Gasteiger charge is 2.43. The molecule has 29 heavy (non-hydrogen) atoms. The number of aliphatic hydroxyl groups is 1. The van der Waals surface area contributed by atoms with Gasteiger partial charge in [-0.2, -0.15) is 0 Å². The van der Waals surface area contributed by atoms with Crippen LogP contribution in [0.4, 0.5) is 5.82 Å². The van der Waals surface area contributed by atoms with Gasteiger partial charge in [-0.05, 0) is 44.1 Å². The van der Waals surface area contributed by atoms with E-state index in [9.17, 15) is 5.11 Å². The molecule has 8 heteroatoms. The van der Waals surface area contributed by atoms with Gasteiger partial charge >= 0.3 is 0 Å². The fourth-order valence-corrected chi connectivity index (χ4v) is 5.14. The maximum atomic E-state index is 10.0. The molecule has 1 aliphatic heterocycles. The molecule has 0 bridgehead atoms. The van der Waals surface area contributed by atoms with Crippen LogP contribution in [0.15, 0.2) is 12.3 Å². The van der Waals surface area contributed by atoms with E-state index in [2.05, 4.69) is 9.88 Å². The maximum Gasteiger partial charge on any atom is 0.232 e. The molecule has 2 aromatic rings. The normalized spacial score (nSPS) is 21.0. The van der Waals surface area contributed by atoms with E-state index in [-0.39, 0.29) is 12.0 Å². The molecule has 1 atom stereocenters.